The van der Waals surface area contributed by atoms with Gasteiger partial charge in [0.1, 0.15) is 0 Å². The monoisotopic (exact) mass is 314 g/mol. The van der Waals surface area contributed by atoms with E-state index in [1.807, 2.05) is 24.3 Å². The molecule has 1 aliphatic rings. The third kappa shape index (κ3) is 1.55. The van der Waals surface area contributed by atoms with Crippen molar-refractivity contribution in [2.24, 2.45) is 0 Å². The third-order valence-corrected chi connectivity index (χ3v) is 4.58. The van der Waals surface area contributed by atoms with E-state index in [1.165, 1.54) is 0 Å². The molecule has 0 atom stereocenters. The lowest BCUT2D eigenvalue weighted by atomic mass is 9.78. The fraction of sp³-hybridized carbons (Fsp3) is 0.125. The molecule has 0 fully saturated rings. The van der Waals surface area contributed by atoms with Gasteiger partial charge < -0.3 is 0 Å². The summed E-state index contributed by atoms with van der Waals surface area (Å²) in [5, 5.41) is 1.68. The average Bonchev–Trinajstić information content (AvgIpc) is 2.43. The zero-order valence-electron chi connectivity index (χ0n) is 10.2. The average molecular weight is 315 g/mol. The van der Waals surface area contributed by atoms with Crippen molar-refractivity contribution in [1.82, 2.24) is 0 Å². The Kier molecular flexibility index (Phi) is 2.68. The highest BCUT2D eigenvalue weighted by molar-refractivity contribution is 9.10. The molecule has 0 unspecified atom stereocenters. The van der Waals surface area contributed by atoms with Gasteiger partial charge in [0.15, 0.2) is 15.9 Å². The van der Waals surface area contributed by atoms with Crippen LogP contribution in [0.4, 0.5) is 0 Å². The summed E-state index contributed by atoms with van der Waals surface area (Å²) in [5.74, 6) is -0.358. The molecular formula is C16H11BrO2. The Labute approximate surface area is 119 Å². The standard InChI is InChI=1S/C16H11BrO2/c1-2-9-16(17)14(18)11-7-3-5-10-6-4-8-12(13(10)11)15(16)19/h2-8H,1,9H2. The van der Waals surface area contributed by atoms with Crippen molar-refractivity contribution in [3.63, 3.8) is 0 Å². The Hall–Kier alpha value is -1.74. The third-order valence-electron chi connectivity index (χ3n) is 3.54. The second-order valence-corrected chi connectivity index (χ2v) is 6.02. The number of ketones is 2. The predicted molar refractivity (Wildman–Crippen MR) is 79.1 cm³/mol. The number of hydrogen-bond acceptors (Lipinski definition) is 2. The number of hydrogen-bond donors (Lipinski definition) is 0. The van der Waals surface area contributed by atoms with Gasteiger partial charge in [0, 0.05) is 16.5 Å². The number of allylic oxidation sites excluding steroid dienone is 1. The summed E-state index contributed by atoms with van der Waals surface area (Å²) in [7, 11) is 0. The topological polar surface area (TPSA) is 34.1 Å². The van der Waals surface area contributed by atoms with Gasteiger partial charge in [0.05, 0.1) is 0 Å². The second-order valence-electron chi connectivity index (χ2n) is 4.66. The highest BCUT2D eigenvalue weighted by Gasteiger charge is 2.47. The van der Waals surface area contributed by atoms with Crippen LogP contribution in [0.15, 0.2) is 49.1 Å². The van der Waals surface area contributed by atoms with Crippen molar-refractivity contribution in [3.05, 3.63) is 60.2 Å². The molecule has 0 spiro atoms. The van der Waals surface area contributed by atoms with Crippen LogP contribution in [-0.4, -0.2) is 15.9 Å². The van der Waals surface area contributed by atoms with Crippen LogP contribution in [0.3, 0.4) is 0 Å². The molecule has 0 aromatic heterocycles. The minimum Gasteiger partial charge on any atom is -0.292 e. The van der Waals surface area contributed by atoms with Crippen LogP contribution >= 0.6 is 15.9 Å². The first-order valence-electron chi connectivity index (χ1n) is 6.01. The first kappa shape index (κ1) is 12.3. The zero-order valence-corrected chi connectivity index (χ0v) is 11.7. The first-order valence-corrected chi connectivity index (χ1v) is 6.80. The van der Waals surface area contributed by atoms with E-state index in [1.54, 1.807) is 18.2 Å². The van der Waals surface area contributed by atoms with Crippen molar-refractivity contribution in [1.29, 1.82) is 0 Å². The minimum absolute atomic E-state index is 0.179. The van der Waals surface area contributed by atoms with Crippen LogP contribution in [0.5, 0.6) is 0 Å². The van der Waals surface area contributed by atoms with Gasteiger partial charge in [-0.15, -0.1) is 6.58 Å². The number of benzene rings is 2. The molecule has 0 saturated carbocycles. The maximum atomic E-state index is 12.6. The number of rotatable bonds is 2. The van der Waals surface area contributed by atoms with Crippen molar-refractivity contribution in [2.45, 2.75) is 10.7 Å². The molecule has 0 bridgehead atoms. The highest BCUT2D eigenvalue weighted by Crippen LogP contribution is 2.40. The molecule has 3 rings (SSSR count). The molecule has 19 heavy (non-hydrogen) atoms. The van der Waals surface area contributed by atoms with E-state index in [0.29, 0.717) is 11.1 Å². The molecule has 0 amide bonds. The normalized spacial score (nSPS) is 16.7. The minimum atomic E-state index is -1.20. The van der Waals surface area contributed by atoms with Crippen LogP contribution in [0, 0.1) is 0 Å². The van der Waals surface area contributed by atoms with Gasteiger partial charge in [0.2, 0.25) is 0 Å². The Bertz CT molecular complexity index is 680. The molecule has 2 nitrogen and oxygen atoms in total. The molecule has 0 radical (unpaired) electrons. The Morgan fingerprint density at radius 2 is 1.58 bits per heavy atom. The maximum Gasteiger partial charge on any atom is 0.188 e. The van der Waals surface area contributed by atoms with Gasteiger partial charge >= 0.3 is 0 Å². The number of alkyl halides is 1. The largest absolute Gasteiger partial charge is 0.292 e. The SMILES string of the molecule is C=CCC1(Br)C(=O)c2cccc3cccc(c23)C1=O. The van der Waals surface area contributed by atoms with E-state index in [2.05, 4.69) is 22.5 Å². The fourth-order valence-electron chi connectivity index (χ4n) is 2.63. The predicted octanol–water partition coefficient (Wildman–Crippen LogP) is 3.93. The van der Waals surface area contributed by atoms with Crippen LogP contribution in [0.25, 0.3) is 10.8 Å². The van der Waals surface area contributed by atoms with Crippen molar-refractivity contribution in [2.75, 3.05) is 0 Å². The van der Waals surface area contributed by atoms with E-state index in [-0.39, 0.29) is 18.0 Å². The summed E-state index contributed by atoms with van der Waals surface area (Å²) in [5.41, 5.74) is 1.21. The molecule has 2 aromatic rings. The summed E-state index contributed by atoms with van der Waals surface area (Å²) >= 11 is 3.35. The van der Waals surface area contributed by atoms with Gasteiger partial charge in [0.25, 0.3) is 0 Å². The lowest BCUT2D eigenvalue weighted by Gasteiger charge is -2.29. The fourth-order valence-corrected chi connectivity index (χ4v) is 3.29. The van der Waals surface area contributed by atoms with Gasteiger partial charge in [-0.05, 0) is 11.8 Å². The molecule has 3 heteroatoms. The summed E-state index contributed by atoms with van der Waals surface area (Å²) in [4.78, 5) is 25.2. The van der Waals surface area contributed by atoms with Gasteiger partial charge in [-0.2, -0.15) is 0 Å². The summed E-state index contributed by atoms with van der Waals surface area (Å²) in [6, 6.07) is 11.1. The quantitative estimate of drug-likeness (QED) is 0.478. The molecule has 0 N–H and O–H groups in total. The van der Waals surface area contributed by atoms with Crippen molar-refractivity contribution >= 4 is 38.3 Å². The summed E-state index contributed by atoms with van der Waals surface area (Å²) < 4.78 is -1.20. The highest BCUT2D eigenvalue weighted by atomic mass is 79.9. The van der Waals surface area contributed by atoms with Crippen LogP contribution in [-0.2, 0) is 0 Å². The van der Waals surface area contributed by atoms with Gasteiger partial charge in [-0.1, -0.05) is 58.4 Å². The van der Waals surface area contributed by atoms with Gasteiger partial charge in [-0.25, -0.2) is 0 Å². The van der Waals surface area contributed by atoms with E-state index in [4.69, 9.17) is 0 Å². The number of Topliss-reactive ketones (excluding diaryl/α,β-unsaturated/α-hetero) is 2. The molecule has 1 aliphatic carbocycles. The molecule has 94 valence electrons. The van der Waals surface area contributed by atoms with Crippen LogP contribution < -0.4 is 0 Å². The van der Waals surface area contributed by atoms with E-state index in [0.717, 1.165) is 10.8 Å². The number of carbonyl (C=O) groups excluding carboxylic acids is 2. The molecular weight excluding hydrogens is 304 g/mol. The Balaban J connectivity index is 2.40. The molecule has 0 aliphatic heterocycles. The first-order chi connectivity index (χ1) is 9.09. The van der Waals surface area contributed by atoms with Gasteiger partial charge in [-0.3, -0.25) is 9.59 Å². The lowest BCUT2D eigenvalue weighted by Crippen LogP contribution is -2.43. The van der Waals surface area contributed by atoms with Crippen LogP contribution in [0.2, 0.25) is 0 Å². The van der Waals surface area contributed by atoms with E-state index in [9.17, 15) is 9.59 Å². The zero-order chi connectivity index (χ0) is 13.6. The lowest BCUT2D eigenvalue weighted by molar-refractivity contribution is 0.0839. The maximum absolute atomic E-state index is 12.6. The summed E-state index contributed by atoms with van der Waals surface area (Å²) in [6.07, 6.45) is 1.88. The van der Waals surface area contributed by atoms with E-state index >= 15 is 0 Å². The van der Waals surface area contributed by atoms with Crippen molar-refractivity contribution < 1.29 is 9.59 Å². The van der Waals surface area contributed by atoms with Crippen molar-refractivity contribution in [3.8, 4) is 0 Å². The Morgan fingerprint density at radius 1 is 1.05 bits per heavy atom. The number of carbonyl (C=O) groups is 2. The smallest absolute Gasteiger partial charge is 0.188 e. The summed E-state index contributed by atoms with van der Waals surface area (Å²) in [6.45, 7) is 3.64. The number of halogens is 1. The molecule has 2 aromatic carbocycles. The second kappa shape index (κ2) is 4.14. The molecule has 0 saturated heterocycles. The molecule has 0 heterocycles. The Morgan fingerprint density at radius 3 is 2.05 bits per heavy atom. The van der Waals surface area contributed by atoms with Crippen LogP contribution in [0.1, 0.15) is 27.1 Å². The van der Waals surface area contributed by atoms with E-state index < -0.39 is 4.32 Å².